The minimum atomic E-state index is -0.276. The Morgan fingerprint density at radius 3 is 2.79 bits per heavy atom. The summed E-state index contributed by atoms with van der Waals surface area (Å²) in [4.78, 5) is 29.4. The minimum absolute atomic E-state index is 0.0339. The van der Waals surface area contributed by atoms with Gasteiger partial charge in [0, 0.05) is 13.1 Å². The number of nitrogens with one attached hydrogen (secondary N) is 1. The summed E-state index contributed by atoms with van der Waals surface area (Å²) in [6.45, 7) is 1.88. The zero-order valence-electron chi connectivity index (χ0n) is 14.1. The lowest BCUT2D eigenvalue weighted by Crippen LogP contribution is -2.39. The van der Waals surface area contributed by atoms with E-state index in [1.165, 1.54) is 48.8 Å². The first-order chi connectivity index (χ1) is 11.6. The average molecular weight is 366 g/mol. The number of fused-ring (bicyclic) bond motifs is 1. The van der Waals surface area contributed by atoms with Gasteiger partial charge < -0.3 is 5.32 Å². The van der Waals surface area contributed by atoms with Gasteiger partial charge in [-0.05, 0) is 31.2 Å². The highest BCUT2D eigenvalue weighted by atomic mass is 32.2. The smallest absolute Gasteiger partial charge is 0.271 e. The summed E-state index contributed by atoms with van der Waals surface area (Å²) in [7, 11) is 1.72. The van der Waals surface area contributed by atoms with Crippen LogP contribution in [0.5, 0.6) is 0 Å². The standard InChI is InChI=1S/C17H23N3O2S2/c1-11(15(21)18-12-7-5-3-4-6-8-12)24-17-19-13-9-10-23-14(13)16(22)20(17)2/h9-12H,3-8H2,1-2H3,(H,18,21)/t11-/m1/s1. The molecule has 0 aliphatic heterocycles. The molecule has 2 aromatic heterocycles. The summed E-state index contributed by atoms with van der Waals surface area (Å²) in [5.74, 6) is 0.0339. The van der Waals surface area contributed by atoms with Gasteiger partial charge in [0.1, 0.15) is 4.70 Å². The summed E-state index contributed by atoms with van der Waals surface area (Å²) in [6, 6.07) is 2.14. The van der Waals surface area contributed by atoms with E-state index in [1.54, 1.807) is 11.6 Å². The van der Waals surface area contributed by atoms with Crippen molar-refractivity contribution in [2.75, 3.05) is 0 Å². The van der Waals surface area contributed by atoms with E-state index in [2.05, 4.69) is 10.3 Å². The summed E-state index contributed by atoms with van der Waals surface area (Å²) in [5, 5.41) is 5.36. The Balaban J connectivity index is 1.69. The van der Waals surface area contributed by atoms with Crippen LogP contribution in [0.4, 0.5) is 0 Å². The lowest BCUT2D eigenvalue weighted by atomic mass is 10.1. The Morgan fingerprint density at radius 2 is 2.08 bits per heavy atom. The van der Waals surface area contributed by atoms with Gasteiger partial charge in [0.25, 0.3) is 5.56 Å². The van der Waals surface area contributed by atoms with Crippen LogP contribution in [0.25, 0.3) is 10.2 Å². The lowest BCUT2D eigenvalue weighted by molar-refractivity contribution is -0.121. The van der Waals surface area contributed by atoms with Crippen LogP contribution in [0, 0.1) is 0 Å². The molecule has 7 heteroatoms. The van der Waals surface area contributed by atoms with E-state index in [4.69, 9.17) is 0 Å². The van der Waals surface area contributed by atoms with Gasteiger partial charge in [-0.3, -0.25) is 14.2 Å². The van der Waals surface area contributed by atoms with Gasteiger partial charge in [-0.2, -0.15) is 0 Å². The van der Waals surface area contributed by atoms with Crippen molar-refractivity contribution in [3.63, 3.8) is 0 Å². The molecule has 0 saturated heterocycles. The second-order valence-corrected chi connectivity index (χ2v) is 8.57. The van der Waals surface area contributed by atoms with Gasteiger partial charge in [-0.15, -0.1) is 11.3 Å². The maximum Gasteiger partial charge on any atom is 0.271 e. The van der Waals surface area contributed by atoms with E-state index >= 15 is 0 Å². The third kappa shape index (κ3) is 3.83. The van der Waals surface area contributed by atoms with Crippen LogP contribution >= 0.6 is 23.1 Å². The second kappa shape index (κ2) is 7.70. The van der Waals surface area contributed by atoms with Crippen molar-refractivity contribution in [2.24, 2.45) is 7.05 Å². The molecule has 1 N–H and O–H groups in total. The largest absolute Gasteiger partial charge is 0.352 e. The Kier molecular flexibility index (Phi) is 5.61. The average Bonchev–Trinajstić information content (AvgIpc) is 2.88. The molecule has 1 amide bonds. The highest BCUT2D eigenvalue weighted by molar-refractivity contribution is 8.00. The molecule has 0 unspecified atom stereocenters. The molecular weight excluding hydrogens is 342 g/mol. The van der Waals surface area contributed by atoms with Crippen molar-refractivity contribution in [1.82, 2.24) is 14.9 Å². The molecule has 24 heavy (non-hydrogen) atoms. The van der Waals surface area contributed by atoms with Gasteiger partial charge in [0.2, 0.25) is 5.91 Å². The van der Waals surface area contributed by atoms with Crippen LogP contribution in [0.15, 0.2) is 21.4 Å². The van der Waals surface area contributed by atoms with Gasteiger partial charge >= 0.3 is 0 Å². The van der Waals surface area contributed by atoms with Crippen molar-refractivity contribution in [1.29, 1.82) is 0 Å². The molecule has 0 aromatic carbocycles. The van der Waals surface area contributed by atoms with Crippen LogP contribution in [0.2, 0.25) is 0 Å². The molecule has 0 radical (unpaired) electrons. The van der Waals surface area contributed by atoms with E-state index in [-0.39, 0.29) is 16.7 Å². The molecule has 1 saturated carbocycles. The lowest BCUT2D eigenvalue weighted by Gasteiger charge is -2.19. The Morgan fingerprint density at radius 1 is 1.38 bits per heavy atom. The third-order valence-electron chi connectivity index (χ3n) is 4.50. The number of thiophene rings is 1. The van der Waals surface area contributed by atoms with E-state index in [0.717, 1.165) is 12.8 Å². The van der Waals surface area contributed by atoms with Crippen molar-refractivity contribution >= 4 is 39.2 Å². The summed E-state index contributed by atoms with van der Waals surface area (Å²) in [5.41, 5.74) is 0.663. The van der Waals surface area contributed by atoms with Crippen LogP contribution in [0.1, 0.15) is 45.4 Å². The first-order valence-corrected chi connectivity index (χ1v) is 10.2. The number of carbonyl (C=O) groups excluding carboxylic acids is 1. The Bertz CT molecular complexity index is 776. The van der Waals surface area contributed by atoms with E-state index in [0.29, 0.717) is 21.4 Å². The molecule has 5 nitrogen and oxygen atoms in total. The minimum Gasteiger partial charge on any atom is -0.352 e. The van der Waals surface area contributed by atoms with Crippen LogP contribution in [-0.4, -0.2) is 26.8 Å². The van der Waals surface area contributed by atoms with Gasteiger partial charge in [0.15, 0.2) is 5.16 Å². The summed E-state index contributed by atoms with van der Waals surface area (Å²) in [6.07, 6.45) is 7.06. The highest BCUT2D eigenvalue weighted by Gasteiger charge is 2.21. The molecule has 1 fully saturated rings. The topological polar surface area (TPSA) is 64.0 Å². The molecule has 0 spiro atoms. The Labute approximate surface area is 149 Å². The predicted molar refractivity (Wildman–Crippen MR) is 99.8 cm³/mol. The van der Waals surface area contributed by atoms with E-state index in [1.807, 2.05) is 18.4 Å². The number of hydrogen-bond donors (Lipinski definition) is 1. The number of thioether (sulfide) groups is 1. The van der Waals surface area contributed by atoms with Crippen LogP contribution in [0.3, 0.4) is 0 Å². The summed E-state index contributed by atoms with van der Waals surface area (Å²) < 4.78 is 2.20. The molecule has 3 rings (SSSR count). The maximum atomic E-state index is 12.5. The number of carbonyl (C=O) groups is 1. The van der Waals surface area contributed by atoms with Crippen molar-refractivity contribution in [3.8, 4) is 0 Å². The van der Waals surface area contributed by atoms with Gasteiger partial charge in [-0.25, -0.2) is 4.98 Å². The fourth-order valence-corrected chi connectivity index (χ4v) is 4.72. The van der Waals surface area contributed by atoms with Crippen molar-refractivity contribution in [3.05, 3.63) is 21.8 Å². The zero-order valence-corrected chi connectivity index (χ0v) is 15.7. The number of nitrogens with zero attached hydrogens (tertiary/aromatic N) is 2. The quantitative estimate of drug-likeness (QED) is 0.513. The SMILES string of the molecule is C[C@@H](Sc1nc2ccsc2c(=O)n1C)C(=O)NC1CCCCCC1. The van der Waals surface area contributed by atoms with Crippen molar-refractivity contribution in [2.45, 2.75) is 61.9 Å². The molecule has 1 atom stereocenters. The molecule has 0 bridgehead atoms. The second-order valence-electron chi connectivity index (χ2n) is 6.35. The Hall–Kier alpha value is -1.34. The molecular formula is C17H23N3O2S2. The number of amides is 1. The number of rotatable bonds is 4. The highest BCUT2D eigenvalue weighted by Crippen LogP contribution is 2.24. The van der Waals surface area contributed by atoms with E-state index in [9.17, 15) is 9.59 Å². The molecule has 2 heterocycles. The monoisotopic (exact) mass is 365 g/mol. The van der Waals surface area contributed by atoms with Crippen LogP contribution < -0.4 is 10.9 Å². The molecule has 1 aliphatic rings. The fourth-order valence-electron chi connectivity index (χ4n) is 3.03. The van der Waals surface area contributed by atoms with Crippen LogP contribution in [-0.2, 0) is 11.8 Å². The molecule has 130 valence electrons. The predicted octanol–water partition coefficient (Wildman–Crippen LogP) is 3.31. The van der Waals surface area contributed by atoms with Gasteiger partial charge in [0.05, 0.1) is 10.8 Å². The molecule has 1 aliphatic carbocycles. The maximum absolute atomic E-state index is 12.5. The summed E-state index contributed by atoms with van der Waals surface area (Å²) >= 11 is 2.75. The fraction of sp³-hybridized carbons (Fsp3) is 0.588. The zero-order chi connectivity index (χ0) is 17.1. The molecule has 2 aromatic rings. The number of hydrogen-bond acceptors (Lipinski definition) is 5. The third-order valence-corrected chi connectivity index (χ3v) is 6.53. The van der Waals surface area contributed by atoms with E-state index < -0.39 is 0 Å². The van der Waals surface area contributed by atoms with Crippen molar-refractivity contribution < 1.29 is 4.79 Å². The normalized spacial score (nSPS) is 17.6. The first-order valence-electron chi connectivity index (χ1n) is 8.47. The van der Waals surface area contributed by atoms with Gasteiger partial charge in [-0.1, -0.05) is 37.4 Å². The first kappa shape index (κ1) is 17.5. The number of aromatic nitrogens is 2.